The number of nitrogens with zero attached hydrogens (tertiary/aromatic N) is 3. The molecule has 0 radical (unpaired) electrons. The van der Waals surface area contributed by atoms with Gasteiger partial charge in [0.1, 0.15) is 6.61 Å². The Hall–Kier alpha value is -1.69. The van der Waals surface area contributed by atoms with Gasteiger partial charge in [-0.15, -0.1) is 0 Å². The lowest BCUT2D eigenvalue weighted by Crippen LogP contribution is -2.46. The Kier molecular flexibility index (Phi) is 4.31. The highest BCUT2D eigenvalue weighted by atomic mass is 16.5. The van der Waals surface area contributed by atoms with Crippen LogP contribution in [0.15, 0.2) is 12.4 Å². The van der Waals surface area contributed by atoms with E-state index >= 15 is 0 Å². The lowest BCUT2D eigenvalue weighted by molar-refractivity contribution is -0.145. The van der Waals surface area contributed by atoms with Gasteiger partial charge in [-0.3, -0.25) is 4.79 Å². The molecule has 6 heteroatoms. The first-order valence-electron chi connectivity index (χ1n) is 6.47. The van der Waals surface area contributed by atoms with Crippen LogP contribution in [0.4, 0.5) is 5.95 Å². The summed E-state index contributed by atoms with van der Waals surface area (Å²) in [6.45, 7) is 5.55. The third-order valence-electron chi connectivity index (χ3n) is 3.17. The van der Waals surface area contributed by atoms with Gasteiger partial charge in [0.2, 0.25) is 11.9 Å². The Morgan fingerprint density at radius 2 is 2.16 bits per heavy atom. The summed E-state index contributed by atoms with van der Waals surface area (Å²) < 4.78 is 5.44. The number of aromatic nitrogens is 2. The van der Waals surface area contributed by atoms with Gasteiger partial charge in [0.25, 0.3) is 0 Å². The van der Waals surface area contributed by atoms with E-state index in [1.807, 2.05) is 12.4 Å². The van der Waals surface area contributed by atoms with E-state index in [0.717, 1.165) is 5.56 Å². The summed E-state index contributed by atoms with van der Waals surface area (Å²) in [7, 11) is 1.78. The van der Waals surface area contributed by atoms with E-state index < -0.39 is 0 Å². The number of morpholine rings is 1. The Balaban J connectivity index is 1.83. The Labute approximate surface area is 113 Å². The summed E-state index contributed by atoms with van der Waals surface area (Å²) in [5.41, 5.74) is 1.12. The van der Waals surface area contributed by atoms with Crippen molar-refractivity contribution < 1.29 is 9.53 Å². The molecule has 1 aliphatic heterocycles. The Morgan fingerprint density at radius 3 is 2.74 bits per heavy atom. The quantitative estimate of drug-likeness (QED) is 0.874. The second-order valence-corrected chi connectivity index (χ2v) is 5.08. The molecular formula is C13H20N4O2. The molecule has 1 N–H and O–H groups in total. The second kappa shape index (κ2) is 5.97. The van der Waals surface area contributed by atoms with Crippen molar-refractivity contribution in [3.05, 3.63) is 18.0 Å². The van der Waals surface area contributed by atoms with E-state index in [1.54, 1.807) is 11.9 Å². The number of carbonyl (C=O) groups excluding carboxylic acids is 1. The van der Waals surface area contributed by atoms with Gasteiger partial charge in [-0.2, -0.15) is 0 Å². The molecule has 2 rings (SSSR count). The molecule has 1 fully saturated rings. The van der Waals surface area contributed by atoms with E-state index in [9.17, 15) is 4.79 Å². The normalized spacial score (nSPS) is 19.9. The minimum atomic E-state index is -0.0175. The smallest absolute Gasteiger partial charge is 0.248 e. The fourth-order valence-corrected chi connectivity index (χ4v) is 1.82. The molecule has 19 heavy (non-hydrogen) atoms. The van der Waals surface area contributed by atoms with Crippen molar-refractivity contribution in [3.8, 4) is 0 Å². The van der Waals surface area contributed by atoms with E-state index in [1.165, 1.54) is 0 Å². The molecule has 1 amide bonds. The van der Waals surface area contributed by atoms with Crippen LogP contribution in [0.5, 0.6) is 0 Å². The maximum atomic E-state index is 11.3. The average Bonchev–Trinajstić information content (AvgIpc) is 2.40. The van der Waals surface area contributed by atoms with Crippen molar-refractivity contribution in [3.63, 3.8) is 0 Å². The van der Waals surface area contributed by atoms with Crippen molar-refractivity contribution in [2.24, 2.45) is 0 Å². The summed E-state index contributed by atoms with van der Waals surface area (Å²) in [6, 6.07) is 0. The zero-order valence-corrected chi connectivity index (χ0v) is 11.6. The predicted molar refractivity (Wildman–Crippen MR) is 72.0 cm³/mol. The molecule has 1 aliphatic rings. The molecule has 0 aromatic carbocycles. The van der Waals surface area contributed by atoms with E-state index in [-0.39, 0.29) is 18.6 Å². The maximum Gasteiger partial charge on any atom is 0.248 e. The topological polar surface area (TPSA) is 67.4 Å². The first-order valence-corrected chi connectivity index (χ1v) is 6.47. The van der Waals surface area contributed by atoms with E-state index in [2.05, 4.69) is 29.1 Å². The zero-order valence-electron chi connectivity index (χ0n) is 11.6. The summed E-state index contributed by atoms with van der Waals surface area (Å²) in [5.74, 6) is 1.04. The van der Waals surface area contributed by atoms with Gasteiger partial charge in [0.05, 0.1) is 6.10 Å². The van der Waals surface area contributed by atoms with Gasteiger partial charge < -0.3 is 15.0 Å². The first-order chi connectivity index (χ1) is 9.06. The SMILES string of the molecule is CC(C)c1cnc(NCC2CN(C)C(=O)CO2)nc1. The fraction of sp³-hybridized carbons (Fsp3) is 0.615. The number of nitrogens with one attached hydrogen (secondary N) is 1. The summed E-state index contributed by atoms with van der Waals surface area (Å²) in [6.07, 6.45) is 3.64. The maximum absolute atomic E-state index is 11.3. The van der Waals surface area contributed by atoms with Crippen molar-refractivity contribution in [1.29, 1.82) is 0 Å². The third kappa shape index (κ3) is 3.64. The highest BCUT2D eigenvalue weighted by Crippen LogP contribution is 2.12. The first kappa shape index (κ1) is 13.7. The van der Waals surface area contributed by atoms with Gasteiger partial charge in [0, 0.05) is 32.5 Å². The molecule has 6 nitrogen and oxygen atoms in total. The van der Waals surface area contributed by atoms with Crippen LogP contribution in [0.1, 0.15) is 25.3 Å². The standard InChI is InChI=1S/C13H20N4O2/c1-9(2)10-4-14-13(15-5-10)16-6-11-7-17(3)12(18)8-19-11/h4-5,9,11H,6-8H2,1-3H3,(H,14,15,16). The molecule has 1 unspecified atom stereocenters. The van der Waals surface area contributed by atoms with Crippen LogP contribution in [0.2, 0.25) is 0 Å². The molecule has 0 saturated carbocycles. The van der Waals surface area contributed by atoms with Crippen LogP contribution < -0.4 is 5.32 Å². The van der Waals surface area contributed by atoms with Crippen molar-refractivity contribution in [1.82, 2.24) is 14.9 Å². The highest BCUT2D eigenvalue weighted by Gasteiger charge is 2.23. The average molecular weight is 264 g/mol. The van der Waals surface area contributed by atoms with Crippen LogP contribution in [-0.2, 0) is 9.53 Å². The molecule has 1 aromatic heterocycles. The number of ether oxygens (including phenoxy) is 1. The summed E-state index contributed by atoms with van der Waals surface area (Å²) in [4.78, 5) is 21.5. The largest absolute Gasteiger partial charge is 0.365 e. The van der Waals surface area contributed by atoms with Gasteiger partial charge in [-0.05, 0) is 11.5 Å². The lowest BCUT2D eigenvalue weighted by atomic mass is 10.1. The number of amides is 1. The van der Waals surface area contributed by atoms with Crippen LogP contribution in [0.25, 0.3) is 0 Å². The number of rotatable bonds is 4. The summed E-state index contributed by atoms with van der Waals surface area (Å²) >= 11 is 0. The number of carbonyl (C=O) groups is 1. The van der Waals surface area contributed by atoms with Crippen LogP contribution in [0.3, 0.4) is 0 Å². The lowest BCUT2D eigenvalue weighted by Gasteiger charge is -2.29. The number of hydrogen-bond acceptors (Lipinski definition) is 5. The molecule has 104 valence electrons. The van der Waals surface area contributed by atoms with Crippen molar-refractivity contribution in [2.45, 2.75) is 25.9 Å². The molecule has 0 spiro atoms. The highest BCUT2D eigenvalue weighted by molar-refractivity contribution is 5.77. The molecule has 0 bridgehead atoms. The van der Waals surface area contributed by atoms with Crippen LogP contribution in [-0.4, -0.2) is 53.6 Å². The van der Waals surface area contributed by atoms with Gasteiger partial charge >= 0.3 is 0 Å². The Morgan fingerprint density at radius 1 is 1.47 bits per heavy atom. The fourth-order valence-electron chi connectivity index (χ4n) is 1.82. The van der Waals surface area contributed by atoms with Crippen LogP contribution >= 0.6 is 0 Å². The van der Waals surface area contributed by atoms with Crippen molar-refractivity contribution >= 4 is 11.9 Å². The number of anilines is 1. The minimum Gasteiger partial charge on any atom is -0.365 e. The van der Waals surface area contributed by atoms with Crippen LogP contribution in [0, 0.1) is 0 Å². The predicted octanol–water partition coefficient (Wildman–Crippen LogP) is 0.869. The van der Waals surface area contributed by atoms with Gasteiger partial charge in [0.15, 0.2) is 0 Å². The monoisotopic (exact) mass is 264 g/mol. The van der Waals surface area contributed by atoms with Gasteiger partial charge in [-0.1, -0.05) is 13.8 Å². The molecule has 2 heterocycles. The van der Waals surface area contributed by atoms with E-state index in [0.29, 0.717) is 25.0 Å². The molecule has 1 atom stereocenters. The Bertz CT molecular complexity index is 433. The third-order valence-corrected chi connectivity index (χ3v) is 3.17. The molecule has 1 saturated heterocycles. The minimum absolute atomic E-state index is 0.0175. The summed E-state index contributed by atoms with van der Waals surface area (Å²) in [5, 5.41) is 3.13. The molecule has 0 aliphatic carbocycles. The van der Waals surface area contributed by atoms with Gasteiger partial charge in [-0.25, -0.2) is 9.97 Å². The number of likely N-dealkylation sites (N-methyl/N-ethyl adjacent to an activating group) is 1. The molecular weight excluding hydrogens is 244 g/mol. The molecule has 1 aromatic rings. The van der Waals surface area contributed by atoms with E-state index in [4.69, 9.17) is 4.74 Å². The van der Waals surface area contributed by atoms with Crippen molar-refractivity contribution in [2.75, 3.05) is 32.1 Å². The number of hydrogen-bond donors (Lipinski definition) is 1. The second-order valence-electron chi connectivity index (χ2n) is 5.08. The zero-order chi connectivity index (χ0) is 13.8.